The summed E-state index contributed by atoms with van der Waals surface area (Å²) in [5.74, 6) is 0.327. The molecule has 0 amide bonds. The second-order valence-corrected chi connectivity index (χ2v) is 4.25. The van der Waals surface area contributed by atoms with Crippen molar-refractivity contribution >= 4 is 17.5 Å². The van der Waals surface area contributed by atoms with E-state index >= 15 is 0 Å². The number of carbonyl (C=O) groups is 1. The van der Waals surface area contributed by atoms with Crippen molar-refractivity contribution in [2.45, 2.75) is 6.61 Å². The highest BCUT2D eigenvalue weighted by Crippen LogP contribution is 2.21. The molecule has 5 nitrogen and oxygen atoms in total. The summed E-state index contributed by atoms with van der Waals surface area (Å²) in [6.45, 7) is 0.172. The number of nitrogens with zero attached hydrogens (tertiary/aromatic N) is 1. The highest BCUT2D eigenvalue weighted by molar-refractivity contribution is 7.08. The van der Waals surface area contributed by atoms with Crippen molar-refractivity contribution in [3.63, 3.8) is 0 Å². The first-order valence-electron chi connectivity index (χ1n) is 5.14. The lowest BCUT2D eigenvalue weighted by atomic mass is 10.3. The number of methoxy groups -OCH3 is 1. The second kappa shape index (κ2) is 5.50. The summed E-state index contributed by atoms with van der Waals surface area (Å²) in [5, 5.41) is 8.93. The third kappa shape index (κ3) is 2.78. The number of rotatable bonds is 5. The van der Waals surface area contributed by atoms with E-state index < -0.39 is 5.97 Å². The van der Waals surface area contributed by atoms with Crippen LogP contribution in [0.4, 0.5) is 0 Å². The average molecular weight is 265 g/mol. The molecule has 18 heavy (non-hydrogen) atoms. The fourth-order valence-electron chi connectivity index (χ4n) is 1.39. The molecule has 0 aliphatic carbocycles. The van der Waals surface area contributed by atoms with Crippen LogP contribution in [0.1, 0.15) is 15.2 Å². The molecule has 6 heteroatoms. The largest absolute Gasteiger partial charge is 0.497 e. The van der Waals surface area contributed by atoms with E-state index in [1.807, 2.05) is 6.07 Å². The zero-order valence-electron chi connectivity index (χ0n) is 9.62. The Bertz CT molecular complexity index is 553. The molecule has 0 fully saturated rings. The minimum absolute atomic E-state index is 0.172. The summed E-state index contributed by atoms with van der Waals surface area (Å²) >= 11 is 0.946. The molecule has 0 bridgehead atoms. The number of aromatic carboxylic acids is 1. The summed E-state index contributed by atoms with van der Waals surface area (Å²) in [7, 11) is 1.57. The van der Waals surface area contributed by atoms with Gasteiger partial charge in [0.25, 0.3) is 0 Å². The minimum atomic E-state index is -0.984. The van der Waals surface area contributed by atoms with Crippen LogP contribution in [0.15, 0.2) is 30.5 Å². The fourth-order valence-corrected chi connectivity index (χ4v) is 1.98. The average Bonchev–Trinajstić information content (AvgIpc) is 2.85. The van der Waals surface area contributed by atoms with Gasteiger partial charge < -0.3 is 14.6 Å². The number of carboxylic acid groups (broad SMARTS) is 1. The van der Waals surface area contributed by atoms with Gasteiger partial charge in [0.2, 0.25) is 0 Å². The summed E-state index contributed by atoms with van der Waals surface area (Å²) in [6, 6.07) is 7.13. The fraction of sp³-hybridized carbons (Fsp3) is 0.167. The van der Waals surface area contributed by atoms with Gasteiger partial charge in [-0.2, -0.15) is 4.37 Å². The molecular formula is C12H11NO4S. The summed E-state index contributed by atoms with van der Waals surface area (Å²) in [6.07, 6.45) is 1.51. The zero-order valence-corrected chi connectivity index (χ0v) is 10.4. The Hall–Kier alpha value is -2.08. The summed E-state index contributed by atoms with van der Waals surface area (Å²) in [4.78, 5) is 11.1. The van der Waals surface area contributed by atoms with Crippen LogP contribution in [0, 0.1) is 0 Å². The topological polar surface area (TPSA) is 68.7 Å². The number of hydrogen-bond acceptors (Lipinski definition) is 5. The SMILES string of the molecule is COc1cccc(OCc2cnsc2C(=O)O)c1. The normalized spacial score (nSPS) is 10.1. The smallest absolute Gasteiger partial charge is 0.347 e. The highest BCUT2D eigenvalue weighted by Gasteiger charge is 2.13. The molecule has 1 aromatic carbocycles. The molecule has 0 saturated heterocycles. The van der Waals surface area contributed by atoms with Gasteiger partial charge >= 0.3 is 5.97 Å². The van der Waals surface area contributed by atoms with Gasteiger partial charge in [0.15, 0.2) is 0 Å². The Morgan fingerprint density at radius 2 is 2.22 bits per heavy atom. The summed E-state index contributed by atoms with van der Waals surface area (Å²) in [5.41, 5.74) is 0.565. The molecule has 0 spiro atoms. The number of benzene rings is 1. The molecule has 0 aliphatic rings. The van der Waals surface area contributed by atoms with E-state index in [1.54, 1.807) is 25.3 Å². The lowest BCUT2D eigenvalue weighted by Crippen LogP contribution is -2.01. The molecule has 1 N–H and O–H groups in total. The van der Waals surface area contributed by atoms with E-state index in [9.17, 15) is 4.79 Å². The zero-order chi connectivity index (χ0) is 13.0. The van der Waals surface area contributed by atoms with E-state index in [-0.39, 0.29) is 11.5 Å². The molecule has 1 heterocycles. The summed E-state index contributed by atoms with van der Waals surface area (Å²) < 4.78 is 14.4. The first-order valence-corrected chi connectivity index (χ1v) is 5.91. The van der Waals surface area contributed by atoms with Crippen molar-refractivity contribution in [2.75, 3.05) is 7.11 Å². The third-order valence-corrected chi connectivity index (χ3v) is 3.10. The van der Waals surface area contributed by atoms with Crippen molar-refractivity contribution in [2.24, 2.45) is 0 Å². The predicted octanol–water partition coefficient (Wildman–Crippen LogP) is 2.43. The van der Waals surface area contributed by atoms with Crippen LogP contribution in [0.5, 0.6) is 11.5 Å². The van der Waals surface area contributed by atoms with Gasteiger partial charge in [-0.3, -0.25) is 0 Å². The molecule has 0 radical (unpaired) electrons. The van der Waals surface area contributed by atoms with Crippen LogP contribution in [0.3, 0.4) is 0 Å². The molecule has 0 aliphatic heterocycles. The number of hydrogen-bond donors (Lipinski definition) is 1. The lowest BCUT2D eigenvalue weighted by Gasteiger charge is -2.06. The monoisotopic (exact) mass is 265 g/mol. The maximum absolute atomic E-state index is 10.9. The molecule has 2 rings (SSSR count). The Morgan fingerprint density at radius 3 is 2.94 bits per heavy atom. The number of ether oxygens (including phenoxy) is 2. The van der Waals surface area contributed by atoms with E-state index in [0.29, 0.717) is 17.1 Å². The molecular weight excluding hydrogens is 254 g/mol. The van der Waals surface area contributed by atoms with Gasteiger partial charge in [-0.25, -0.2) is 4.79 Å². The van der Waals surface area contributed by atoms with Gasteiger partial charge in [-0.05, 0) is 23.7 Å². The molecule has 0 unspecified atom stereocenters. The first kappa shape index (κ1) is 12.4. The van der Waals surface area contributed by atoms with Crippen LogP contribution >= 0.6 is 11.5 Å². The van der Waals surface area contributed by atoms with Gasteiger partial charge in [-0.1, -0.05) is 6.07 Å². The Labute approximate surface area is 108 Å². The minimum Gasteiger partial charge on any atom is -0.497 e. The molecule has 0 atom stereocenters. The maximum atomic E-state index is 10.9. The van der Waals surface area contributed by atoms with E-state index in [4.69, 9.17) is 14.6 Å². The van der Waals surface area contributed by atoms with Gasteiger partial charge in [0.05, 0.1) is 7.11 Å². The van der Waals surface area contributed by atoms with Crippen LogP contribution in [0.2, 0.25) is 0 Å². The first-order chi connectivity index (χ1) is 8.70. The quantitative estimate of drug-likeness (QED) is 0.899. The molecule has 2 aromatic rings. The molecule has 1 aromatic heterocycles. The van der Waals surface area contributed by atoms with Crippen LogP contribution in [-0.4, -0.2) is 22.6 Å². The lowest BCUT2D eigenvalue weighted by molar-refractivity contribution is 0.0699. The number of carboxylic acids is 1. The van der Waals surface area contributed by atoms with E-state index in [2.05, 4.69) is 4.37 Å². The molecule has 94 valence electrons. The second-order valence-electron chi connectivity index (χ2n) is 3.45. The maximum Gasteiger partial charge on any atom is 0.347 e. The van der Waals surface area contributed by atoms with Crippen LogP contribution < -0.4 is 9.47 Å². The van der Waals surface area contributed by atoms with Crippen molar-refractivity contribution in [1.29, 1.82) is 0 Å². The van der Waals surface area contributed by atoms with E-state index in [1.165, 1.54) is 6.20 Å². The van der Waals surface area contributed by atoms with Crippen molar-refractivity contribution < 1.29 is 19.4 Å². The predicted molar refractivity (Wildman–Crippen MR) is 66.4 cm³/mol. The highest BCUT2D eigenvalue weighted by atomic mass is 32.1. The van der Waals surface area contributed by atoms with Crippen molar-refractivity contribution in [3.05, 3.63) is 40.9 Å². The Kier molecular flexibility index (Phi) is 3.78. The van der Waals surface area contributed by atoms with Crippen molar-refractivity contribution in [1.82, 2.24) is 4.37 Å². The standard InChI is InChI=1S/C12H11NO4S/c1-16-9-3-2-4-10(5-9)17-7-8-6-13-18-11(8)12(14)15/h2-6H,7H2,1H3,(H,14,15). The third-order valence-electron chi connectivity index (χ3n) is 2.27. The van der Waals surface area contributed by atoms with Crippen LogP contribution in [0.25, 0.3) is 0 Å². The van der Waals surface area contributed by atoms with Gasteiger partial charge in [0, 0.05) is 17.8 Å². The molecule has 0 saturated carbocycles. The van der Waals surface area contributed by atoms with Gasteiger partial charge in [0.1, 0.15) is 23.0 Å². The van der Waals surface area contributed by atoms with Crippen LogP contribution in [-0.2, 0) is 6.61 Å². The Morgan fingerprint density at radius 1 is 1.44 bits per heavy atom. The Balaban J connectivity index is 2.06. The van der Waals surface area contributed by atoms with Crippen molar-refractivity contribution in [3.8, 4) is 11.5 Å². The van der Waals surface area contributed by atoms with E-state index in [0.717, 1.165) is 11.5 Å². The number of aromatic nitrogens is 1. The van der Waals surface area contributed by atoms with Gasteiger partial charge in [-0.15, -0.1) is 0 Å².